The molecule has 0 aliphatic rings. The molecule has 0 saturated heterocycles. The summed E-state index contributed by atoms with van der Waals surface area (Å²) in [5, 5.41) is 0. The standard InChI is InChI=1S/C84H152NO8P/c1-6-8-10-12-14-16-18-20-22-24-26-28-30-32-34-36-38-40-41-42-43-45-47-49-51-53-55-57-59-61-63-65-67-69-71-73-75-77-84(87)93-82(81-92-94(88,89)91-79-78-85(3,4)5)80-90-83(86)76-74-72-70-68-66-64-62-60-58-56-54-52-50-48-46-44-39-37-35-33-31-29-27-25-23-21-19-17-15-13-11-9-7-2/h8,10,14,16,19-22,25-28,31-34,82H,6-7,9,11-13,15,17-18,23-24,29-30,35-81H2,1-5H3/p+1/b10-8-,16-14-,21-19-,22-20-,27-25-,28-26-,33-31-,34-32-. The SMILES string of the molecule is CC/C=C\C/C=C\C/C=C\C/C=C\C/C=C\CCCCCCCCCCCCCCCCCCCCCCCC(=O)OC(COC(=O)CCCCCCCCCCCCCCCCCCCC/C=C\C/C=C\C/C=C\CCCCCCC)COP(=O)(O)OCC[N+](C)(C)C. The van der Waals surface area contributed by atoms with Crippen LogP contribution in [0.3, 0.4) is 0 Å². The van der Waals surface area contributed by atoms with Gasteiger partial charge in [0, 0.05) is 12.8 Å². The number of ether oxygens (including phenoxy) is 2. The number of quaternary nitrogens is 1. The summed E-state index contributed by atoms with van der Waals surface area (Å²) >= 11 is 0. The van der Waals surface area contributed by atoms with Crippen molar-refractivity contribution in [2.45, 2.75) is 380 Å². The number of allylic oxidation sites excluding steroid dienone is 16. The Balaban J connectivity index is 3.94. The van der Waals surface area contributed by atoms with Crippen molar-refractivity contribution in [3.05, 3.63) is 97.2 Å². The van der Waals surface area contributed by atoms with E-state index in [9.17, 15) is 19.0 Å². The van der Waals surface area contributed by atoms with Crippen LogP contribution in [0.25, 0.3) is 0 Å². The molecule has 0 aliphatic carbocycles. The third-order valence-corrected chi connectivity index (χ3v) is 18.6. The molecule has 0 aromatic carbocycles. The number of rotatable bonds is 74. The molecule has 546 valence electrons. The van der Waals surface area contributed by atoms with Crippen LogP contribution in [0.4, 0.5) is 0 Å². The van der Waals surface area contributed by atoms with E-state index >= 15 is 0 Å². The van der Waals surface area contributed by atoms with Gasteiger partial charge in [0.2, 0.25) is 0 Å². The van der Waals surface area contributed by atoms with Crippen LogP contribution in [0.5, 0.6) is 0 Å². The fraction of sp³-hybridized carbons (Fsp3) is 0.786. The first kappa shape index (κ1) is 90.9. The minimum absolute atomic E-state index is 0.0317. The Morgan fingerprint density at radius 1 is 0.340 bits per heavy atom. The maximum absolute atomic E-state index is 12.9. The molecule has 0 saturated carbocycles. The smallest absolute Gasteiger partial charge is 0.462 e. The van der Waals surface area contributed by atoms with Crippen LogP contribution in [0, 0.1) is 0 Å². The number of carbonyl (C=O) groups excluding carboxylic acids is 2. The van der Waals surface area contributed by atoms with Gasteiger partial charge >= 0.3 is 19.8 Å². The Morgan fingerprint density at radius 3 is 0.904 bits per heavy atom. The Kier molecular flexibility index (Phi) is 71.7. The van der Waals surface area contributed by atoms with Gasteiger partial charge in [-0.2, -0.15) is 0 Å². The number of hydrogen-bond acceptors (Lipinski definition) is 7. The lowest BCUT2D eigenvalue weighted by Crippen LogP contribution is -2.37. The molecule has 0 amide bonds. The highest BCUT2D eigenvalue weighted by Crippen LogP contribution is 2.43. The molecule has 0 aromatic rings. The molecule has 0 spiro atoms. The zero-order valence-electron chi connectivity index (χ0n) is 62.4. The van der Waals surface area contributed by atoms with E-state index in [2.05, 4.69) is 111 Å². The highest BCUT2D eigenvalue weighted by atomic mass is 31.2. The summed E-state index contributed by atoms with van der Waals surface area (Å²) in [6.07, 6.45) is 104. The molecule has 2 atom stereocenters. The van der Waals surface area contributed by atoms with Gasteiger partial charge in [0.1, 0.15) is 19.8 Å². The molecule has 0 fully saturated rings. The number of phosphoric ester groups is 1. The maximum atomic E-state index is 12.9. The molecule has 2 unspecified atom stereocenters. The summed E-state index contributed by atoms with van der Waals surface area (Å²) in [6, 6.07) is 0. The van der Waals surface area contributed by atoms with E-state index in [-0.39, 0.29) is 25.6 Å². The third kappa shape index (κ3) is 77.9. The lowest BCUT2D eigenvalue weighted by Gasteiger charge is -2.24. The zero-order chi connectivity index (χ0) is 68.3. The summed E-state index contributed by atoms with van der Waals surface area (Å²) in [6.45, 7) is 4.36. The van der Waals surface area contributed by atoms with E-state index in [1.54, 1.807) is 0 Å². The second kappa shape index (κ2) is 74.2. The van der Waals surface area contributed by atoms with E-state index in [0.717, 1.165) is 77.0 Å². The molecule has 94 heavy (non-hydrogen) atoms. The summed E-state index contributed by atoms with van der Waals surface area (Å²) in [5.41, 5.74) is 0. The van der Waals surface area contributed by atoms with Gasteiger partial charge in [-0.1, -0.05) is 361 Å². The monoisotopic (exact) mass is 1340 g/mol. The first-order valence-electron chi connectivity index (χ1n) is 40.0. The lowest BCUT2D eigenvalue weighted by molar-refractivity contribution is -0.870. The fourth-order valence-electron chi connectivity index (χ4n) is 11.5. The van der Waals surface area contributed by atoms with Gasteiger partial charge in [0.25, 0.3) is 0 Å². The van der Waals surface area contributed by atoms with Gasteiger partial charge < -0.3 is 18.9 Å². The molecule has 1 N–H and O–H groups in total. The van der Waals surface area contributed by atoms with Crippen LogP contribution >= 0.6 is 7.82 Å². The van der Waals surface area contributed by atoms with Crippen LogP contribution in [0.15, 0.2) is 97.2 Å². The van der Waals surface area contributed by atoms with E-state index in [0.29, 0.717) is 23.9 Å². The van der Waals surface area contributed by atoms with Crippen LogP contribution < -0.4 is 0 Å². The average Bonchev–Trinajstić information content (AvgIpc) is 1.56. The van der Waals surface area contributed by atoms with Crippen LogP contribution in [0.2, 0.25) is 0 Å². The summed E-state index contributed by atoms with van der Waals surface area (Å²) in [5.74, 6) is -0.780. The van der Waals surface area contributed by atoms with Crippen molar-refractivity contribution in [2.75, 3.05) is 47.5 Å². The van der Waals surface area contributed by atoms with Crippen molar-refractivity contribution in [3.63, 3.8) is 0 Å². The van der Waals surface area contributed by atoms with Gasteiger partial charge in [-0.3, -0.25) is 18.6 Å². The molecule has 0 aromatic heterocycles. The first-order chi connectivity index (χ1) is 46.0. The maximum Gasteiger partial charge on any atom is 0.472 e. The molecular weight excluding hydrogens is 1180 g/mol. The van der Waals surface area contributed by atoms with Crippen LogP contribution in [0.1, 0.15) is 373 Å². The minimum atomic E-state index is -4.40. The van der Waals surface area contributed by atoms with Gasteiger partial charge in [-0.15, -0.1) is 0 Å². The highest BCUT2D eigenvalue weighted by molar-refractivity contribution is 7.47. The van der Waals surface area contributed by atoms with Gasteiger partial charge in [-0.05, 0) is 96.3 Å². The first-order valence-corrected chi connectivity index (χ1v) is 41.5. The summed E-state index contributed by atoms with van der Waals surface area (Å²) in [4.78, 5) is 36.0. The number of likely N-dealkylation sites (N-methyl/N-ethyl adjacent to an activating group) is 1. The average molecular weight is 1340 g/mol. The Bertz CT molecular complexity index is 1910. The van der Waals surface area contributed by atoms with Crippen molar-refractivity contribution in [3.8, 4) is 0 Å². The van der Waals surface area contributed by atoms with Gasteiger partial charge in [0.05, 0.1) is 27.7 Å². The zero-order valence-corrected chi connectivity index (χ0v) is 63.3. The van der Waals surface area contributed by atoms with E-state index in [1.807, 2.05) is 21.1 Å². The molecule has 9 nitrogen and oxygen atoms in total. The minimum Gasteiger partial charge on any atom is -0.462 e. The summed E-state index contributed by atoms with van der Waals surface area (Å²) < 4.78 is 34.8. The van der Waals surface area contributed by atoms with Crippen LogP contribution in [-0.2, 0) is 32.7 Å². The van der Waals surface area contributed by atoms with Crippen molar-refractivity contribution >= 4 is 19.8 Å². The summed E-state index contributed by atoms with van der Waals surface area (Å²) in [7, 11) is 1.49. The molecule has 0 heterocycles. The number of esters is 2. The Labute approximate surface area is 583 Å². The Hall–Kier alpha value is -3.07. The predicted octanol–water partition coefficient (Wildman–Crippen LogP) is 26.6. The predicted molar refractivity (Wildman–Crippen MR) is 408 cm³/mol. The van der Waals surface area contributed by atoms with Gasteiger partial charge in [-0.25, -0.2) is 4.57 Å². The van der Waals surface area contributed by atoms with E-state index < -0.39 is 26.5 Å². The molecule has 0 bridgehead atoms. The largest absolute Gasteiger partial charge is 0.472 e. The van der Waals surface area contributed by atoms with E-state index in [4.69, 9.17) is 18.5 Å². The van der Waals surface area contributed by atoms with Crippen molar-refractivity contribution in [2.24, 2.45) is 0 Å². The molecule has 0 aliphatic heterocycles. The molecule has 0 radical (unpaired) electrons. The number of hydrogen-bond donors (Lipinski definition) is 1. The lowest BCUT2D eigenvalue weighted by atomic mass is 10.0. The fourth-order valence-corrected chi connectivity index (χ4v) is 12.3. The van der Waals surface area contributed by atoms with Crippen molar-refractivity contribution in [1.82, 2.24) is 0 Å². The quantitative estimate of drug-likeness (QED) is 0.0211. The number of phosphoric acid groups is 1. The van der Waals surface area contributed by atoms with Gasteiger partial charge in [0.15, 0.2) is 6.10 Å². The topological polar surface area (TPSA) is 108 Å². The third-order valence-electron chi connectivity index (χ3n) is 17.6. The van der Waals surface area contributed by atoms with Crippen molar-refractivity contribution < 1.29 is 42.1 Å². The molecule has 10 heteroatoms. The number of nitrogens with zero attached hydrogens (tertiary/aromatic N) is 1. The number of carbonyl (C=O) groups is 2. The van der Waals surface area contributed by atoms with Crippen LogP contribution in [-0.4, -0.2) is 74.9 Å². The second-order valence-corrected chi connectivity index (χ2v) is 29.5. The normalized spacial score (nSPS) is 13.6. The number of unbranched alkanes of at least 4 members (excludes halogenated alkanes) is 44. The highest BCUT2D eigenvalue weighted by Gasteiger charge is 2.27. The Morgan fingerprint density at radius 2 is 0.606 bits per heavy atom. The second-order valence-electron chi connectivity index (χ2n) is 28.1. The van der Waals surface area contributed by atoms with E-state index in [1.165, 1.54) is 263 Å². The molecule has 0 rings (SSSR count). The van der Waals surface area contributed by atoms with Crippen molar-refractivity contribution in [1.29, 1.82) is 0 Å². The molecular formula is C84H153NO8P+.